The van der Waals surface area contributed by atoms with Crippen molar-refractivity contribution in [2.24, 2.45) is 5.92 Å². The Labute approximate surface area is 69.2 Å². The minimum atomic E-state index is -0.137. The van der Waals surface area contributed by atoms with Gasteiger partial charge in [0.05, 0.1) is 5.92 Å². The van der Waals surface area contributed by atoms with E-state index in [0.717, 1.165) is 12.8 Å². The largest absolute Gasteiger partial charge is 0.299 e. The molecule has 0 saturated heterocycles. The molecule has 0 spiro atoms. The summed E-state index contributed by atoms with van der Waals surface area (Å²) >= 11 is 0. The smallest absolute Gasteiger partial charge is 0.144 e. The normalized spacial score (nSPS) is 12.1. The van der Waals surface area contributed by atoms with Crippen LogP contribution in [0.1, 0.15) is 39.5 Å². The van der Waals surface area contributed by atoms with Crippen LogP contribution >= 0.6 is 0 Å². The Bertz CT molecular complexity index is 153. The van der Waals surface area contributed by atoms with E-state index in [2.05, 4.69) is 12.8 Å². The number of hydrogen-bond donors (Lipinski definition) is 0. The van der Waals surface area contributed by atoms with Gasteiger partial charge in [0.25, 0.3) is 0 Å². The van der Waals surface area contributed by atoms with Crippen molar-refractivity contribution in [3.63, 3.8) is 0 Å². The fourth-order valence-corrected chi connectivity index (χ4v) is 1.00. The molecule has 0 saturated carbocycles. The van der Waals surface area contributed by atoms with E-state index in [0.29, 0.717) is 0 Å². The van der Waals surface area contributed by atoms with Gasteiger partial charge in [0, 0.05) is 0 Å². The molecule has 0 N–H and O–H groups in total. The van der Waals surface area contributed by atoms with Crippen LogP contribution in [0.5, 0.6) is 0 Å². The van der Waals surface area contributed by atoms with Crippen LogP contribution in [0.25, 0.3) is 0 Å². The Morgan fingerprint density at radius 1 is 1.55 bits per heavy atom. The van der Waals surface area contributed by atoms with Crippen molar-refractivity contribution < 1.29 is 4.79 Å². The number of hydrogen-bond acceptors (Lipinski definition) is 1. The van der Waals surface area contributed by atoms with Crippen molar-refractivity contribution in [1.29, 1.82) is 0 Å². The topological polar surface area (TPSA) is 17.1 Å². The summed E-state index contributed by atoms with van der Waals surface area (Å²) in [5, 5.41) is 0. The highest BCUT2D eigenvalue weighted by molar-refractivity contribution is 5.80. The third-order valence-electron chi connectivity index (χ3n) is 1.79. The number of Topliss-reactive ketones (excluding diaryl/α,β-unsaturated/α-hetero) is 1. The minimum Gasteiger partial charge on any atom is -0.299 e. The first-order valence-corrected chi connectivity index (χ1v) is 4.19. The molecule has 0 rings (SSSR count). The van der Waals surface area contributed by atoms with Crippen LogP contribution in [0.3, 0.4) is 0 Å². The molecule has 1 heteroatoms. The monoisotopic (exact) mass is 152 g/mol. The third-order valence-corrected chi connectivity index (χ3v) is 1.79. The molecule has 0 aliphatic rings. The summed E-state index contributed by atoms with van der Waals surface area (Å²) in [5.74, 6) is 2.50. The Kier molecular flexibility index (Phi) is 5.56. The first-order valence-electron chi connectivity index (χ1n) is 4.19. The second-order valence-corrected chi connectivity index (χ2v) is 2.83. The number of ketones is 1. The SMILES string of the molecule is C#C[C@@H](CCCCC)C(C)=O. The zero-order valence-electron chi connectivity index (χ0n) is 7.39. The van der Waals surface area contributed by atoms with Gasteiger partial charge in [-0.2, -0.15) is 0 Å². The van der Waals surface area contributed by atoms with Gasteiger partial charge >= 0.3 is 0 Å². The highest BCUT2D eigenvalue weighted by Crippen LogP contribution is 2.09. The molecule has 0 radical (unpaired) electrons. The Balaban J connectivity index is 3.55. The maximum atomic E-state index is 10.8. The lowest BCUT2D eigenvalue weighted by Crippen LogP contribution is -2.07. The van der Waals surface area contributed by atoms with Gasteiger partial charge in [0.2, 0.25) is 0 Å². The lowest BCUT2D eigenvalue weighted by molar-refractivity contribution is -0.119. The Hall–Kier alpha value is -0.770. The maximum absolute atomic E-state index is 10.8. The Morgan fingerprint density at radius 3 is 2.55 bits per heavy atom. The molecule has 0 unspecified atom stereocenters. The van der Waals surface area contributed by atoms with Gasteiger partial charge < -0.3 is 0 Å². The lowest BCUT2D eigenvalue weighted by atomic mass is 9.99. The third kappa shape index (κ3) is 4.61. The average molecular weight is 152 g/mol. The number of rotatable bonds is 5. The van der Waals surface area contributed by atoms with Crippen LogP contribution in [0, 0.1) is 18.3 Å². The Morgan fingerprint density at radius 2 is 2.18 bits per heavy atom. The molecular weight excluding hydrogens is 136 g/mol. The van der Waals surface area contributed by atoms with E-state index in [1.165, 1.54) is 12.8 Å². The molecule has 0 amide bonds. The van der Waals surface area contributed by atoms with E-state index in [1.807, 2.05) is 0 Å². The molecular formula is C10H16O. The summed E-state index contributed by atoms with van der Waals surface area (Å²) < 4.78 is 0. The quantitative estimate of drug-likeness (QED) is 0.436. The maximum Gasteiger partial charge on any atom is 0.144 e. The van der Waals surface area contributed by atoms with Gasteiger partial charge in [-0.1, -0.05) is 32.1 Å². The molecule has 62 valence electrons. The van der Waals surface area contributed by atoms with Gasteiger partial charge in [0.15, 0.2) is 0 Å². The fourth-order valence-electron chi connectivity index (χ4n) is 1.00. The van der Waals surface area contributed by atoms with Gasteiger partial charge in [-0.3, -0.25) is 4.79 Å². The van der Waals surface area contributed by atoms with E-state index >= 15 is 0 Å². The molecule has 1 atom stereocenters. The van der Waals surface area contributed by atoms with Crippen molar-refractivity contribution in [3.8, 4) is 12.3 Å². The first-order chi connectivity index (χ1) is 5.22. The zero-order valence-corrected chi connectivity index (χ0v) is 7.39. The predicted octanol–water partition coefficient (Wildman–Crippen LogP) is 2.41. The van der Waals surface area contributed by atoms with Crippen LogP contribution in [-0.4, -0.2) is 5.78 Å². The molecule has 0 bridgehead atoms. The number of carbonyl (C=O) groups is 1. The summed E-state index contributed by atoms with van der Waals surface area (Å²) in [6.07, 6.45) is 9.47. The van der Waals surface area contributed by atoms with Crippen LogP contribution in [0.4, 0.5) is 0 Å². The molecule has 0 aromatic rings. The number of unbranched alkanes of at least 4 members (excludes halogenated alkanes) is 2. The molecule has 0 aromatic carbocycles. The molecule has 1 nitrogen and oxygen atoms in total. The molecule has 0 aromatic heterocycles. The fraction of sp³-hybridized carbons (Fsp3) is 0.700. The van der Waals surface area contributed by atoms with Gasteiger partial charge in [-0.15, -0.1) is 6.42 Å². The van der Waals surface area contributed by atoms with Gasteiger partial charge in [-0.25, -0.2) is 0 Å². The minimum absolute atomic E-state index is 0.128. The van der Waals surface area contributed by atoms with Crippen LogP contribution in [0.2, 0.25) is 0 Å². The number of terminal acetylenes is 1. The lowest BCUT2D eigenvalue weighted by Gasteiger charge is -2.04. The zero-order chi connectivity index (χ0) is 8.69. The second-order valence-electron chi connectivity index (χ2n) is 2.83. The molecule has 0 aliphatic heterocycles. The van der Waals surface area contributed by atoms with Crippen molar-refractivity contribution in [3.05, 3.63) is 0 Å². The molecule has 0 aliphatic carbocycles. The van der Waals surface area contributed by atoms with Crippen molar-refractivity contribution >= 4 is 5.78 Å². The van der Waals surface area contributed by atoms with Crippen LogP contribution < -0.4 is 0 Å². The summed E-state index contributed by atoms with van der Waals surface area (Å²) in [4.78, 5) is 10.8. The summed E-state index contributed by atoms with van der Waals surface area (Å²) in [6.45, 7) is 3.70. The van der Waals surface area contributed by atoms with E-state index in [4.69, 9.17) is 6.42 Å². The average Bonchev–Trinajstić information content (AvgIpc) is 1.97. The summed E-state index contributed by atoms with van der Waals surface area (Å²) in [5.41, 5.74) is 0. The molecule has 0 fully saturated rings. The summed E-state index contributed by atoms with van der Waals surface area (Å²) in [6, 6.07) is 0. The van der Waals surface area contributed by atoms with Crippen LogP contribution in [-0.2, 0) is 4.79 Å². The van der Waals surface area contributed by atoms with E-state index in [1.54, 1.807) is 6.92 Å². The van der Waals surface area contributed by atoms with Crippen LogP contribution in [0.15, 0.2) is 0 Å². The highest BCUT2D eigenvalue weighted by atomic mass is 16.1. The van der Waals surface area contributed by atoms with Crippen molar-refractivity contribution in [2.75, 3.05) is 0 Å². The summed E-state index contributed by atoms with van der Waals surface area (Å²) in [7, 11) is 0. The first kappa shape index (κ1) is 10.2. The number of carbonyl (C=O) groups excluding carboxylic acids is 1. The van der Waals surface area contributed by atoms with E-state index in [9.17, 15) is 4.79 Å². The second kappa shape index (κ2) is 5.97. The van der Waals surface area contributed by atoms with Gasteiger partial charge in [0.1, 0.15) is 5.78 Å². The van der Waals surface area contributed by atoms with E-state index in [-0.39, 0.29) is 11.7 Å². The highest BCUT2D eigenvalue weighted by Gasteiger charge is 2.08. The van der Waals surface area contributed by atoms with Crippen molar-refractivity contribution in [2.45, 2.75) is 39.5 Å². The predicted molar refractivity (Wildman–Crippen MR) is 47.1 cm³/mol. The van der Waals surface area contributed by atoms with Gasteiger partial charge in [-0.05, 0) is 13.3 Å². The molecule has 11 heavy (non-hydrogen) atoms. The molecule has 0 heterocycles. The van der Waals surface area contributed by atoms with E-state index < -0.39 is 0 Å². The standard InChI is InChI=1S/C10H16O/c1-4-6-7-8-10(5-2)9(3)11/h2,10H,4,6-8H2,1,3H3/t10-/m0/s1. The van der Waals surface area contributed by atoms with Crippen molar-refractivity contribution in [1.82, 2.24) is 0 Å².